The van der Waals surface area contributed by atoms with E-state index in [9.17, 15) is 9.59 Å². The van der Waals surface area contributed by atoms with Gasteiger partial charge in [0.05, 0.1) is 20.3 Å². The van der Waals surface area contributed by atoms with Gasteiger partial charge in [-0.05, 0) is 36.6 Å². The first-order valence-corrected chi connectivity index (χ1v) is 7.56. The van der Waals surface area contributed by atoms with Crippen LogP contribution in [0.1, 0.15) is 25.3 Å². The molecule has 0 radical (unpaired) electrons. The average molecular weight is 315 g/mol. The number of carbonyl (C=O) groups is 2. The Bertz CT molecular complexity index is 631. The van der Waals surface area contributed by atoms with Crippen molar-refractivity contribution in [2.45, 2.75) is 26.3 Å². The number of methoxy groups -OCH3 is 1. The van der Waals surface area contributed by atoms with Crippen molar-refractivity contribution in [3.63, 3.8) is 0 Å². The van der Waals surface area contributed by atoms with Crippen LogP contribution in [0, 0.1) is 0 Å². The number of carbonyl (C=O) groups excluding carboxylic acids is 2. The Kier molecular flexibility index (Phi) is 5.57. The number of amides is 1. The van der Waals surface area contributed by atoms with E-state index in [4.69, 9.17) is 9.47 Å². The van der Waals surface area contributed by atoms with Crippen LogP contribution in [0.15, 0.2) is 48.2 Å². The quantitative estimate of drug-likeness (QED) is 0.758. The number of hydrogen-bond acceptors (Lipinski definition) is 4. The summed E-state index contributed by atoms with van der Waals surface area (Å²) in [6, 6.07) is 7.39. The molecule has 122 valence electrons. The Labute approximate surface area is 136 Å². The van der Waals surface area contributed by atoms with E-state index < -0.39 is 5.97 Å². The molecule has 2 rings (SSSR count). The number of hydrogen-bond donors (Lipinski definition) is 0. The van der Waals surface area contributed by atoms with Crippen LogP contribution < -0.4 is 4.74 Å². The van der Waals surface area contributed by atoms with Gasteiger partial charge in [-0.25, -0.2) is 4.79 Å². The van der Waals surface area contributed by atoms with E-state index in [1.54, 1.807) is 20.1 Å². The van der Waals surface area contributed by atoms with Gasteiger partial charge in [-0.3, -0.25) is 4.79 Å². The molecule has 0 unspecified atom stereocenters. The van der Waals surface area contributed by atoms with Gasteiger partial charge in [-0.1, -0.05) is 24.8 Å². The number of nitrogens with zero attached hydrogens (tertiary/aromatic N) is 1. The highest BCUT2D eigenvalue weighted by atomic mass is 16.5. The van der Waals surface area contributed by atoms with Gasteiger partial charge < -0.3 is 14.4 Å². The second kappa shape index (κ2) is 7.63. The van der Waals surface area contributed by atoms with Crippen molar-refractivity contribution in [3.8, 4) is 5.75 Å². The van der Waals surface area contributed by atoms with E-state index >= 15 is 0 Å². The molecule has 0 aromatic heterocycles. The third-order valence-corrected chi connectivity index (χ3v) is 3.70. The van der Waals surface area contributed by atoms with E-state index in [0.717, 1.165) is 16.9 Å². The average Bonchev–Trinajstić information content (AvgIpc) is 2.57. The number of allylic oxidation sites excluding steroid dienone is 2. The minimum Gasteiger partial charge on any atom is -0.497 e. The Morgan fingerprint density at radius 3 is 2.57 bits per heavy atom. The zero-order valence-corrected chi connectivity index (χ0v) is 13.5. The summed E-state index contributed by atoms with van der Waals surface area (Å²) in [5.41, 5.74) is 1.96. The second-order valence-electron chi connectivity index (χ2n) is 5.13. The molecule has 1 aliphatic heterocycles. The fraction of sp³-hybridized carbons (Fsp3) is 0.333. The summed E-state index contributed by atoms with van der Waals surface area (Å²) in [7, 11) is 1.60. The summed E-state index contributed by atoms with van der Waals surface area (Å²) in [6.45, 7) is 6.06. The van der Waals surface area contributed by atoms with Crippen LogP contribution in [0.2, 0.25) is 0 Å². The molecule has 0 bridgehead atoms. The smallest absolute Gasteiger partial charge is 0.355 e. The summed E-state index contributed by atoms with van der Waals surface area (Å²) < 4.78 is 10.2. The SMILES string of the molecule is C=CC1=C(C(=O)OCC)N(Cc2ccc(OC)cc2)C(=O)CC1. The van der Waals surface area contributed by atoms with Gasteiger partial charge in [0.25, 0.3) is 0 Å². The molecule has 0 N–H and O–H groups in total. The summed E-state index contributed by atoms with van der Waals surface area (Å²) in [5, 5.41) is 0. The molecule has 0 aliphatic carbocycles. The van der Waals surface area contributed by atoms with Crippen molar-refractivity contribution in [3.05, 3.63) is 53.8 Å². The molecule has 1 aromatic rings. The largest absolute Gasteiger partial charge is 0.497 e. The number of ether oxygens (including phenoxy) is 2. The molecule has 0 fully saturated rings. The molecular formula is C18H21NO4. The maximum Gasteiger partial charge on any atom is 0.355 e. The first kappa shape index (κ1) is 16.8. The summed E-state index contributed by atoms with van der Waals surface area (Å²) >= 11 is 0. The Morgan fingerprint density at radius 2 is 2.00 bits per heavy atom. The van der Waals surface area contributed by atoms with Crippen LogP contribution in [0.3, 0.4) is 0 Å². The minimum atomic E-state index is -0.482. The topological polar surface area (TPSA) is 55.8 Å². The van der Waals surface area contributed by atoms with Gasteiger partial charge in [0.15, 0.2) is 0 Å². The molecule has 0 saturated carbocycles. The highest BCUT2D eigenvalue weighted by molar-refractivity contribution is 5.96. The predicted molar refractivity (Wildman–Crippen MR) is 86.6 cm³/mol. The van der Waals surface area contributed by atoms with Gasteiger partial charge in [-0.2, -0.15) is 0 Å². The molecule has 1 amide bonds. The van der Waals surface area contributed by atoms with Gasteiger partial charge in [-0.15, -0.1) is 0 Å². The molecule has 0 saturated heterocycles. The lowest BCUT2D eigenvalue weighted by Crippen LogP contribution is -2.37. The summed E-state index contributed by atoms with van der Waals surface area (Å²) in [6.07, 6.45) is 2.50. The van der Waals surface area contributed by atoms with Crippen molar-refractivity contribution < 1.29 is 19.1 Å². The molecule has 1 aromatic carbocycles. The van der Waals surface area contributed by atoms with Crippen LogP contribution in [-0.4, -0.2) is 30.5 Å². The third-order valence-electron chi connectivity index (χ3n) is 3.70. The number of esters is 1. The van der Waals surface area contributed by atoms with Gasteiger partial charge in [0.1, 0.15) is 11.4 Å². The van der Waals surface area contributed by atoms with E-state index in [0.29, 0.717) is 25.1 Å². The second-order valence-corrected chi connectivity index (χ2v) is 5.13. The Hall–Kier alpha value is -2.56. The first-order chi connectivity index (χ1) is 11.1. The highest BCUT2D eigenvalue weighted by Crippen LogP contribution is 2.27. The molecule has 5 nitrogen and oxygen atoms in total. The summed E-state index contributed by atoms with van der Waals surface area (Å²) in [4.78, 5) is 26.1. The number of rotatable bonds is 6. The van der Waals surface area contributed by atoms with Crippen LogP contribution in [0.5, 0.6) is 5.75 Å². The van der Waals surface area contributed by atoms with E-state index in [2.05, 4.69) is 6.58 Å². The molecule has 23 heavy (non-hydrogen) atoms. The third kappa shape index (κ3) is 3.80. The van der Waals surface area contributed by atoms with E-state index in [1.165, 1.54) is 4.90 Å². The fourth-order valence-electron chi connectivity index (χ4n) is 2.51. The Morgan fingerprint density at radius 1 is 1.30 bits per heavy atom. The number of benzene rings is 1. The van der Waals surface area contributed by atoms with Crippen molar-refractivity contribution in [1.29, 1.82) is 0 Å². The lowest BCUT2D eigenvalue weighted by atomic mass is 10.0. The Balaban J connectivity index is 2.32. The monoisotopic (exact) mass is 315 g/mol. The highest BCUT2D eigenvalue weighted by Gasteiger charge is 2.31. The van der Waals surface area contributed by atoms with Crippen LogP contribution in [0.4, 0.5) is 0 Å². The predicted octanol–water partition coefficient (Wildman–Crippen LogP) is 2.82. The molecule has 0 spiro atoms. The van der Waals surface area contributed by atoms with Gasteiger partial charge in [0, 0.05) is 6.42 Å². The molecule has 0 atom stereocenters. The maximum absolute atomic E-state index is 12.3. The molecule has 1 heterocycles. The minimum absolute atomic E-state index is 0.0885. The first-order valence-electron chi connectivity index (χ1n) is 7.56. The van der Waals surface area contributed by atoms with Crippen molar-refractivity contribution in [2.75, 3.05) is 13.7 Å². The lowest BCUT2D eigenvalue weighted by Gasteiger charge is -2.30. The zero-order valence-electron chi connectivity index (χ0n) is 13.5. The van der Waals surface area contributed by atoms with Gasteiger partial charge in [0.2, 0.25) is 5.91 Å². The van der Waals surface area contributed by atoms with Gasteiger partial charge >= 0.3 is 5.97 Å². The van der Waals surface area contributed by atoms with Crippen molar-refractivity contribution >= 4 is 11.9 Å². The molecular weight excluding hydrogens is 294 g/mol. The summed E-state index contributed by atoms with van der Waals surface area (Å²) in [5.74, 6) is 0.171. The standard InChI is InChI=1S/C18H21NO4/c1-4-14-8-11-16(20)19(17(14)18(21)23-5-2)12-13-6-9-15(22-3)10-7-13/h4,6-7,9-10H,1,5,8,11-12H2,2-3H3. The molecule has 1 aliphatic rings. The van der Waals surface area contributed by atoms with Crippen molar-refractivity contribution in [1.82, 2.24) is 4.90 Å². The van der Waals surface area contributed by atoms with E-state index in [-0.39, 0.29) is 12.5 Å². The molecule has 5 heteroatoms. The zero-order chi connectivity index (χ0) is 16.8. The fourth-order valence-corrected chi connectivity index (χ4v) is 2.51. The van der Waals surface area contributed by atoms with Crippen LogP contribution >= 0.6 is 0 Å². The maximum atomic E-state index is 12.3. The van der Waals surface area contributed by atoms with Crippen LogP contribution in [-0.2, 0) is 20.9 Å². The lowest BCUT2D eigenvalue weighted by molar-refractivity contribution is -0.145. The van der Waals surface area contributed by atoms with Crippen LogP contribution in [0.25, 0.3) is 0 Å². The van der Waals surface area contributed by atoms with E-state index in [1.807, 2.05) is 24.3 Å². The van der Waals surface area contributed by atoms with Crippen molar-refractivity contribution in [2.24, 2.45) is 0 Å². The normalized spacial score (nSPS) is 14.7.